The molecule has 0 saturated heterocycles. The Kier molecular flexibility index (Phi) is 4.36. The maximum Gasteiger partial charge on any atom is 0.291 e. The van der Waals surface area contributed by atoms with Gasteiger partial charge in [-0.25, -0.2) is 0 Å². The van der Waals surface area contributed by atoms with Crippen LogP contribution < -0.4 is 10.1 Å². The van der Waals surface area contributed by atoms with Gasteiger partial charge in [0.15, 0.2) is 5.82 Å². The van der Waals surface area contributed by atoms with Gasteiger partial charge < -0.3 is 0 Å². The smallest absolute Gasteiger partial charge is 0.266 e. The Morgan fingerprint density at radius 3 is 2.48 bits per heavy atom. The molecule has 0 atom stereocenters. The zero-order chi connectivity index (χ0) is 19.2. The molecule has 4 aromatic rings. The van der Waals surface area contributed by atoms with E-state index in [1.807, 2.05) is 36.4 Å². The summed E-state index contributed by atoms with van der Waals surface area (Å²) in [4.78, 5) is 17.8. The highest BCUT2D eigenvalue weighted by Crippen LogP contribution is 2.25. The molecule has 0 aliphatic heterocycles. The molecular weight excluding hydrogens is 378 g/mol. The highest BCUT2D eigenvalue weighted by molar-refractivity contribution is 7.15. The summed E-state index contributed by atoms with van der Waals surface area (Å²) in [6, 6.07) is 15.6. The monoisotopic (exact) mass is 395 g/mol. The van der Waals surface area contributed by atoms with E-state index in [0.29, 0.717) is 20.3 Å². The Morgan fingerprint density at radius 1 is 1.11 bits per heavy atom. The lowest BCUT2D eigenvalue weighted by Gasteiger charge is -2.18. The van der Waals surface area contributed by atoms with E-state index in [-0.39, 0.29) is 11.0 Å². The van der Waals surface area contributed by atoms with E-state index in [9.17, 15) is 4.79 Å². The van der Waals surface area contributed by atoms with Crippen LogP contribution in [0, 0.1) is 0 Å². The summed E-state index contributed by atoms with van der Waals surface area (Å²) in [6.07, 6.45) is 1.81. The number of hydrogen-bond donors (Lipinski definition) is 0. The summed E-state index contributed by atoms with van der Waals surface area (Å²) in [6.45, 7) is 6.53. The summed E-state index contributed by atoms with van der Waals surface area (Å²) in [5.41, 5.74) is 2.95. The lowest BCUT2D eigenvalue weighted by molar-refractivity contribution is 0.590. The molecule has 0 saturated carbocycles. The van der Waals surface area contributed by atoms with Gasteiger partial charge in [0.05, 0.1) is 4.53 Å². The summed E-state index contributed by atoms with van der Waals surface area (Å²) >= 11 is 7.34. The zero-order valence-corrected chi connectivity index (χ0v) is 16.8. The summed E-state index contributed by atoms with van der Waals surface area (Å²) in [7, 11) is 0. The van der Waals surface area contributed by atoms with Crippen LogP contribution in [0.4, 0.5) is 0 Å². The first-order valence-corrected chi connectivity index (χ1v) is 9.78. The third kappa shape index (κ3) is 3.53. The van der Waals surface area contributed by atoms with Crippen molar-refractivity contribution in [3.63, 3.8) is 0 Å². The van der Waals surface area contributed by atoms with Crippen LogP contribution in [-0.2, 0) is 5.41 Å². The predicted octanol–water partition coefficient (Wildman–Crippen LogP) is 4.32. The highest BCUT2D eigenvalue weighted by atomic mass is 35.5. The topological polar surface area (TPSA) is 47.3 Å². The van der Waals surface area contributed by atoms with E-state index in [1.54, 1.807) is 6.07 Å². The zero-order valence-electron chi connectivity index (χ0n) is 15.2. The van der Waals surface area contributed by atoms with Crippen LogP contribution >= 0.6 is 22.9 Å². The van der Waals surface area contributed by atoms with Gasteiger partial charge in [-0.15, -0.1) is 5.10 Å². The van der Waals surface area contributed by atoms with Crippen molar-refractivity contribution in [2.45, 2.75) is 26.2 Å². The average molecular weight is 396 g/mol. The van der Waals surface area contributed by atoms with Crippen LogP contribution in [0.1, 0.15) is 31.9 Å². The van der Waals surface area contributed by atoms with Gasteiger partial charge in [0.2, 0.25) is 4.96 Å². The number of fused-ring (bicyclic) bond motifs is 1. The number of rotatable bonds is 2. The van der Waals surface area contributed by atoms with Gasteiger partial charge in [0, 0.05) is 10.6 Å². The molecule has 0 fully saturated rings. The summed E-state index contributed by atoms with van der Waals surface area (Å²) < 4.78 is 1.95. The quantitative estimate of drug-likeness (QED) is 0.508. The molecule has 6 heteroatoms. The molecular formula is C21H18ClN3OS. The molecule has 0 bridgehead atoms. The van der Waals surface area contributed by atoms with Crippen LogP contribution in [0.3, 0.4) is 0 Å². The first kappa shape index (κ1) is 17.9. The van der Waals surface area contributed by atoms with Gasteiger partial charge in [-0.2, -0.15) is 9.50 Å². The van der Waals surface area contributed by atoms with Crippen molar-refractivity contribution in [3.8, 4) is 11.4 Å². The maximum atomic E-state index is 12.7. The molecule has 0 amide bonds. The van der Waals surface area contributed by atoms with E-state index >= 15 is 0 Å². The number of nitrogens with zero attached hydrogens (tertiary/aromatic N) is 3. The SMILES string of the molecule is CC(C)(C)c1ccc(-c2nc3s/c(=C\c4cccc(Cl)c4)c(=O)n3n2)cc1. The normalized spacial score (nSPS) is 12.8. The van der Waals surface area contributed by atoms with Gasteiger partial charge in [-0.3, -0.25) is 4.79 Å². The molecule has 27 heavy (non-hydrogen) atoms. The van der Waals surface area contributed by atoms with E-state index in [1.165, 1.54) is 21.4 Å². The fourth-order valence-electron chi connectivity index (χ4n) is 2.82. The lowest BCUT2D eigenvalue weighted by Crippen LogP contribution is -2.23. The number of benzene rings is 2. The summed E-state index contributed by atoms with van der Waals surface area (Å²) in [5.74, 6) is 0.563. The van der Waals surface area contributed by atoms with E-state index in [2.05, 4.69) is 43.0 Å². The Hall–Kier alpha value is -2.50. The fourth-order valence-corrected chi connectivity index (χ4v) is 3.93. The molecule has 2 heterocycles. The van der Waals surface area contributed by atoms with Gasteiger partial charge in [0.1, 0.15) is 0 Å². The molecule has 0 aliphatic carbocycles. The molecule has 136 valence electrons. The number of aromatic nitrogens is 3. The van der Waals surface area contributed by atoms with Crippen molar-refractivity contribution < 1.29 is 0 Å². The van der Waals surface area contributed by atoms with Crippen molar-refractivity contribution in [2.75, 3.05) is 0 Å². The van der Waals surface area contributed by atoms with E-state index in [4.69, 9.17) is 11.6 Å². The molecule has 0 N–H and O–H groups in total. The molecule has 0 aliphatic rings. The molecule has 2 aromatic carbocycles. The van der Waals surface area contributed by atoms with E-state index in [0.717, 1.165) is 11.1 Å². The molecule has 2 aromatic heterocycles. The lowest BCUT2D eigenvalue weighted by atomic mass is 9.87. The average Bonchev–Trinajstić information content (AvgIpc) is 3.15. The van der Waals surface area contributed by atoms with E-state index < -0.39 is 0 Å². The standard InChI is InChI=1S/C21H18ClN3OS/c1-21(2,3)15-9-7-14(8-10-15)18-23-20-25(24-18)19(26)17(27-20)12-13-5-4-6-16(22)11-13/h4-12H,1-3H3/b17-12-. The molecule has 0 spiro atoms. The van der Waals surface area contributed by atoms with Crippen molar-refractivity contribution in [2.24, 2.45) is 0 Å². The largest absolute Gasteiger partial charge is 0.291 e. The Balaban J connectivity index is 1.74. The first-order chi connectivity index (χ1) is 12.8. The van der Waals surface area contributed by atoms with Crippen molar-refractivity contribution >= 4 is 34.0 Å². The van der Waals surface area contributed by atoms with Gasteiger partial charge in [0.25, 0.3) is 5.56 Å². The maximum absolute atomic E-state index is 12.7. The van der Waals surface area contributed by atoms with Crippen molar-refractivity contribution in [3.05, 3.63) is 79.6 Å². The molecule has 0 radical (unpaired) electrons. The van der Waals surface area contributed by atoms with Crippen molar-refractivity contribution in [1.82, 2.24) is 14.6 Å². The third-order valence-electron chi connectivity index (χ3n) is 4.34. The van der Waals surface area contributed by atoms with Gasteiger partial charge >= 0.3 is 0 Å². The predicted molar refractivity (Wildman–Crippen MR) is 112 cm³/mol. The molecule has 4 nitrogen and oxygen atoms in total. The van der Waals surface area contributed by atoms with Crippen LogP contribution in [0.25, 0.3) is 22.4 Å². The third-order valence-corrected chi connectivity index (χ3v) is 5.53. The highest BCUT2D eigenvalue weighted by Gasteiger charge is 2.15. The minimum Gasteiger partial charge on any atom is -0.266 e. The Bertz CT molecular complexity index is 1230. The second kappa shape index (κ2) is 6.59. The van der Waals surface area contributed by atoms with Gasteiger partial charge in [-0.1, -0.05) is 80.1 Å². The summed E-state index contributed by atoms with van der Waals surface area (Å²) in [5, 5.41) is 5.05. The number of hydrogen-bond acceptors (Lipinski definition) is 4. The van der Waals surface area contributed by atoms with Crippen LogP contribution in [0.2, 0.25) is 5.02 Å². The molecule has 4 rings (SSSR count). The number of halogens is 1. The fraction of sp³-hybridized carbons (Fsp3) is 0.190. The minimum absolute atomic E-state index is 0.0910. The second-order valence-electron chi connectivity index (χ2n) is 7.43. The molecule has 0 unspecified atom stereocenters. The Labute approximate surface area is 165 Å². The van der Waals surface area contributed by atoms with Crippen molar-refractivity contribution in [1.29, 1.82) is 0 Å². The number of thiazole rings is 1. The second-order valence-corrected chi connectivity index (χ2v) is 8.87. The van der Waals surface area contributed by atoms with Crippen LogP contribution in [0.15, 0.2) is 53.3 Å². The first-order valence-electron chi connectivity index (χ1n) is 8.59. The van der Waals surface area contributed by atoms with Crippen LogP contribution in [-0.4, -0.2) is 14.6 Å². The van der Waals surface area contributed by atoms with Crippen LogP contribution in [0.5, 0.6) is 0 Å². The minimum atomic E-state index is -0.167. The Morgan fingerprint density at radius 2 is 1.85 bits per heavy atom. The van der Waals surface area contributed by atoms with Gasteiger partial charge in [-0.05, 0) is 34.8 Å².